The van der Waals surface area contributed by atoms with Gasteiger partial charge in [0.15, 0.2) is 5.96 Å². The molecule has 2 aromatic rings. The average molecular weight is 313 g/mol. The molecule has 0 spiro atoms. The van der Waals surface area contributed by atoms with Gasteiger partial charge in [0.2, 0.25) is 0 Å². The van der Waals surface area contributed by atoms with Crippen LogP contribution >= 0.6 is 0 Å². The first-order chi connectivity index (χ1) is 11.0. The fraction of sp³-hybridized carbons (Fsp3) is 0.421. The van der Waals surface area contributed by atoms with Crippen LogP contribution in [-0.2, 0) is 0 Å². The molecule has 0 aliphatic carbocycles. The molecule has 1 aromatic carbocycles. The molecule has 2 unspecified atom stereocenters. The van der Waals surface area contributed by atoms with Crippen LogP contribution in [0.15, 0.2) is 45.8 Å². The molecule has 0 fully saturated rings. The Morgan fingerprint density at radius 3 is 2.35 bits per heavy atom. The summed E-state index contributed by atoms with van der Waals surface area (Å²) in [7, 11) is 1.78. The number of nitrogens with zero attached hydrogens (tertiary/aromatic N) is 1. The van der Waals surface area contributed by atoms with Gasteiger partial charge in [0.05, 0.1) is 6.04 Å². The van der Waals surface area contributed by atoms with Crippen LogP contribution in [0, 0.1) is 13.8 Å². The third-order valence-electron chi connectivity index (χ3n) is 3.99. The summed E-state index contributed by atoms with van der Waals surface area (Å²) in [6.07, 6.45) is 0. The number of benzene rings is 1. The first-order valence-corrected chi connectivity index (χ1v) is 8.09. The Morgan fingerprint density at radius 1 is 1.09 bits per heavy atom. The van der Waals surface area contributed by atoms with Crippen LogP contribution in [0.25, 0.3) is 0 Å². The minimum absolute atomic E-state index is 0.0737. The smallest absolute Gasteiger partial charge is 0.191 e. The van der Waals surface area contributed by atoms with Crippen molar-refractivity contribution in [2.75, 3.05) is 13.6 Å². The normalized spacial score (nSPS) is 14.4. The van der Waals surface area contributed by atoms with Crippen LogP contribution in [0.1, 0.15) is 48.5 Å². The number of rotatable bonds is 5. The summed E-state index contributed by atoms with van der Waals surface area (Å²) in [6.45, 7) is 9.16. The summed E-state index contributed by atoms with van der Waals surface area (Å²) in [5.74, 6) is 3.03. The molecule has 23 heavy (non-hydrogen) atoms. The summed E-state index contributed by atoms with van der Waals surface area (Å²) in [5.41, 5.74) is 2.61. The summed E-state index contributed by atoms with van der Waals surface area (Å²) >= 11 is 0. The average Bonchev–Trinajstić information content (AvgIpc) is 2.98. The second-order valence-corrected chi connectivity index (χ2v) is 6.08. The van der Waals surface area contributed by atoms with E-state index < -0.39 is 0 Å². The Kier molecular flexibility index (Phi) is 5.85. The molecule has 124 valence electrons. The molecule has 2 N–H and O–H groups in total. The van der Waals surface area contributed by atoms with Crippen LogP contribution in [0.5, 0.6) is 0 Å². The first kappa shape index (κ1) is 17.1. The van der Waals surface area contributed by atoms with Crippen molar-refractivity contribution in [2.24, 2.45) is 4.99 Å². The quantitative estimate of drug-likeness (QED) is 0.649. The molecular weight excluding hydrogens is 286 g/mol. The van der Waals surface area contributed by atoms with Gasteiger partial charge in [-0.3, -0.25) is 4.99 Å². The van der Waals surface area contributed by atoms with E-state index in [2.05, 4.69) is 60.7 Å². The topological polar surface area (TPSA) is 49.6 Å². The van der Waals surface area contributed by atoms with Gasteiger partial charge < -0.3 is 15.1 Å². The number of aryl methyl sites for hydroxylation is 2. The molecule has 2 atom stereocenters. The number of aliphatic imine (C=N–C) groups is 1. The summed E-state index contributed by atoms with van der Waals surface area (Å²) in [4.78, 5) is 4.29. The van der Waals surface area contributed by atoms with E-state index in [0.717, 1.165) is 24.0 Å². The van der Waals surface area contributed by atoms with Crippen molar-refractivity contribution in [3.63, 3.8) is 0 Å². The SMILES string of the molecule is CN=C(NCC(C)c1ccc(C)cc1)NC(C)c1ccc(C)o1. The molecule has 0 aliphatic rings. The van der Waals surface area contributed by atoms with Gasteiger partial charge in [0, 0.05) is 13.6 Å². The zero-order valence-corrected chi connectivity index (χ0v) is 14.7. The Bertz CT molecular complexity index is 643. The Hall–Kier alpha value is -2.23. The molecule has 0 saturated carbocycles. The molecule has 4 heteroatoms. The Balaban J connectivity index is 1.88. The maximum absolute atomic E-state index is 5.65. The lowest BCUT2D eigenvalue weighted by Gasteiger charge is -2.19. The summed E-state index contributed by atoms with van der Waals surface area (Å²) in [5, 5.41) is 6.74. The zero-order valence-electron chi connectivity index (χ0n) is 14.7. The van der Waals surface area contributed by atoms with Gasteiger partial charge in [0.1, 0.15) is 11.5 Å². The maximum atomic E-state index is 5.65. The van der Waals surface area contributed by atoms with Gasteiger partial charge in [-0.1, -0.05) is 36.8 Å². The van der Waals surface area contributed by atoms with E-state index in [1.807, 2.05) is 19.1 Å². The van der Waals surface area contributed by atoms with E-state index in [1.165, 1.54) is 11.1 Å². The van der Waals surface area contributed by atoms with Crippen LogP contribution in [0.4, 0.5) is 0 Å². The van der Waals surface area contributed by atoms with Gasteiger partial charge in [-0.05, 0) is 44.4 Å². The lowest BCUT2D eigenvalue weighted by Crippen LogP contribution is -2.40. The highest BCUT2D eigenvalue weighted by Gasteiger charge is 2.12. The molecular formula is C19H27N3O. The highest BCUT2D eigenvalue weighted by atomic mass is 16.3. The van der Waals surface area contributed by atoms with Crippen LogP contribution in [0.3, 0.4) is 0 Å². The van der Waals surface area contributed by atoms with E-state index in [1.54, 1.807) is 7.05 Å². The van der Waals surface area contributed by atoms with Crippen molar-refractivity contribution >= 4 is 5.96 Å². The molecule has 1 heterocycles. The molecule has 0 saturated heterocycles. The monoisotopic (exact) mass is 313 g/mol. The van der Waals surface area contributed by atoms with Gasteiger partial charge in [-0.25, -0.2) is 0 Å². The predicted molar refractivity (Wildman–Crippen MR) is 96.0 cm³/mol. The molecule has 4 nitrogen and oxygen atoms in total. The molecule has 0 amide bonds. The molecule has 0 radical (unpaired) electrons. The minimum atomic E-state index is 0.0737. The van der Waals surface area contributed by atoms with E-state index in [9.17, 15) is 0 Å². The lowest BCUT2D eigenvalue weighted by atomic mass is 10.0. The molecule has 1 aromatic heterocycles. The summed E-state index contributed by atoms with van der Waals surface area (Å²) < 4.78 is 5.65. The fourth-order valence-corrected chi connectivity index (χ4v) is 2.42. The van der Waals surface area contributed by atoms with Gasteiger partial charge >= 0.3 is 0 Å². The van der Waals surface area contributed by atoms with Crippen molar-refractivity contribution < 1.29 is 4.42 Å². The zero-order chi connectivity index (χ0) is 16.8. The number of furan rings is 1. The predicted octanol–water partition coefficient (Wildman–Crippen LogP) is 3.93. The molecule has 0 bridgehead atoms. The third-order valence-corrected chi connectivity index (χ3v) is 3.99. The highest BCUT2D eigenvalue weighted by molar-refractivity contribution is 5.80. The molecule has 0 aliphatic heterocycles. The van der Waals surface area contributed by atoms with Crippen molar-refractivity contribution in [3.05, 3.63) is 59.0 Å². The van der Waals surface area contributed by atoms with Crippen LogP contribution in [-0.4, -0.2) is 19.6 Å². The van der Waals surface area contributed by atoms with Crippen molar-refractivity contribution in [2.45, 2.75) is 39.7 Å². The Morgan fingerprint density at radius 2 is 1.78 bits per heavy atom. The maximum Gasteiger partial charge on any atom is 0.191 e. The Labute approximate surface area is 139 Å². The van der Waals surface area contributed by atoms with E-state index in [-0.39, 0.29) is 6.04 Å². The fourth-order valence-electron chi connectivity index (χ4n) is 2.42. The number of hydrogen-bond acceptors (Lipinski definition) is 2. The lowest BCUT2D eigenvalue weighted by molar-refractivity contribution is 0.441. The van der Waals surface area contributed by atoms with E-state index in [0.29, 0.717) is 5.92 Å². The van der Waals surface area contributed by atoms with Crippen molar-refractivity contribution in [1.82, 2.24) is 10.6 Å². The second-order valence-electron chi connectivity index (χ2n) is 6.08. The number of nitrogens with one attached hydrogen (secondary N) is 2. The standard InChI is InChI=1S/C19H27N3O/c1-13-6-9-17(10-7-13)14(2)12-21-19(20-5)22-16(4)18-11-8-15(3)23-18/h6-11,14,16H,12H2,1-5H3,(H2,20,21,22). The van der Waals surface area contributed by atoms with Crippen LogP contribution < -0.4 is 10.6 Å². The third kappa shape index (κ3) is 4.88. The van der Waals surface area contributed by atoms with Crippen molar-refractivity contribution in [1.29, 1.82) is 0 Å². The second kappa shape index (κ2) is 7.86. The van der Waals surface area contributed by atoms with E-state index in [4.69, 9.17) is 4.42 Å². The van der Waals surface area contributed by atoms with Gasteiger partial charge in [-0.2, -0.15) is 0 Å². The van der Waals surface area contributed by atoms with Crippen molar-refractivity contribution in [3.8, 4) is 0 Å². The summed E-state index contributed by atoms with van der Waals surface area (Å²) in [6, 6.07) is 12.7. The number of hydrogen-bond donors (Lipinski definition) is 2. The minimum Gasteiger partial charge on any atom is -0.464 e. The highest BCUT2D eigenvalue weighted by Crippen LogP contribution is 2.16. The largest absolute Gasteiger partial charge is 0.464 e. The van der Waals surface area contributed by atoms with Gasteiger partial charge in [-0.15, -0.1) is 0 Å². The van der Waals surface area contributed by atoms with E-state index >= 15 is 0 Å². The van der Waals surface area contributed by atoms with Crippen LogP contribution in [0.2, 0.25) is 0 Å². The first-order valence-electron chi connectivity index (χ1n) is 8.09. The van der Waals surface area contributed by atoms with Gasteiger partial charge in [0.25, 0.3) is 0 Å². The number of guanidine groups is 1. The molecule has 2 rings (SSSR count).